The highest BCUT2D eigenvalue weighted by atomic mass is 16.2. The third-order valence-corrected chi connectivity index (χ3v) is 5.84. The topological polar surface area (TPSA) is 49.4 Å². The molecule has 3 rings (SSSR count). The molecule has 25 heavy (non-hydrogen) atoms. The third-order valence-electron chi connectivity index (χ3n) is 5.84. The Morgan fingerprint density at radius 2 is 1.72 bits per heavy atom. The number of hydrogen-bond donors (Lipinski definition) is 1. The number of benzene rings is 1. The molecule has 1 aliphatic carbocycles. The molecule has 1 saturated heterocycles. The van der Waals surface area contributed by atoms with E-state index in [0.29, 0.717) is 17.8 Å². The van der Waals surface area contributed by atoms with Crippen molar-refractivity contribution in [2.75, 3.05) is 16.8 Å². The highest BCUT2D eigenvalue weighted by molar-refractivity contribution is 5.96. The number of amides is 2. The van der Waals surface area contributed by atoms with E-state index in [1.807, 2.05) is 29.2 Å². The minimum Gasteiger partial charge on any atom is -0.326 e. The van der Waals surface area contributed by atoms with Crippen LogP contribution in [0.15, 0.2) is 24.3 Å². The SMILES string of the molecule is CC(C)(C)C1CCC(C(=O)Nc2ccc(N3CCCC3=O)cc2)CC1. The van der Waals surface area contributed by atoms with Crippen molar-refractivity contribution >= 4 is 23.2 Å². The van der Waals surface area contributed by atoms with E-state index in [-0.39, 0.29) is 17.7 Å². The number of nitrogens with one attached hydrogen (secondary N) is 1. The van der Waals surface area contributed by atoms with E-state index in [2.05, 4.69) is 26.1 Å². The number of carbonyl (C=O) groups is 2. The molecule has 1 saturated carbocycles. The normalized spacial score (nSPS) is 24.4. The Morgan fingerprint density at radius 1 is 1.08 bits per heavy atom. The summed E-state index contributed by atoms with van der Waals surface area (Å²) in [6.45, 7) is 7.68. The average molecular weight is 342 g/mol. The minimum atomic E-state index is 0.124. The summed E-state index contributed by atoms with van der Waals surface area (Å²) < 4.78 is 0. The van der Waals surface area contributed by atoms with Crippen molar-refractivity contribution in [2.45, 2.75) is 59.3 Å². The van der Waals surface area contributed by atoms with Gasteiger partial charge < -0.3 is 10.2 Å². The molecule has 0 unspecified atom stereocenters. The lowest BCUT2D eigenvalue weighted by molar-refractivity contribution is -0.121. The van der Waals surface area contributed by atoms with Gasteiger partial charge in [-0.15, -0.1) is 0 Å². The first-order valence-corrected chi connectivity index (χ1v) is 9.56. The fraction of sp³-hybridized carbons (Fsp3) is 0.619. The maximum atomic E-state index is 12.5. The highest BCUT2D eigenvalue weighted by Crippen LogP contribution is 2.40. The van der Waals surface area contributed by atoms with Crippen molar-refractivity contribution < 1.29 is 9.59 Å². The molecule has 2 amide bonds. The van der Waals surface area contributed by atoms with Crippen LogP contribution >= 0.6 is 0 Å². The van der Waals surface area contributed by atoms with Crippen LogP contribution < -0.4 is 10.2 Å². The Hall–Kier alpha value is -1.84. The summed E-state index contributed by atoms with van der Waals surface area (Å²) in [6, 6.07) is 7.66. The van der Waals surface area contributed by atoms with Crippen molar-refractivity contribution in [3.05, 3.63) is 24.3 Å². The van der Waals surface area contributed by atoms with Gasteiger partial charge in [-0.1, -0.05) is 20.8 Å². The van der Waals surface area contributed by atoms with Crippen molar-refractivity contribution in [3.8, 4) is 0 Å². The number of anilines is 2. The average Bonchev–Trinajstić information content (AvgIpc) is 3.01. The molecule has 1 heterocycles. The second-order valence-electron chi connectivity index (χ2n) is 8.60. The lowest BCUT2D eigenvalue weighted by Crippen LogP contribution is -2.31. The molecule has 0 radical (unpaired) electrons. The van der Waals surface area contributed by atoms with Crippen LogP contribution in [0.5, 0.6) is 0 Å². The first-order valence-electron chi connectivity index (χ1n) is 9.56. The van der Waals surface area contributed by atoms with Crippen LogP contribution in [-0.4, -0.2) is 18.4 Å². The summed E-state index contributed by atoms with van der Waals surface area (Å²) in [6.07, 6.45) is 5.79. The molecule has 0 bridgehead atoms. The van der Waals surface area contributed by atoms with Gasteiger partial charge in [-0.3, -0.25) is 9.59 Å². The maximum absolute atomic E-state index is 12.5. The molecule has 136 valence electrons. The fourth-order valence-electron chi connectivity index (χ4n) is 4.11. The first kappa shape index (κ1) is 18.0. The molecule has 1 aromatic rings. The van der Waals surface area contributed by atoms with Gasteiger partial charge in [-0.2, -0.15) is 0 Å². The zero-order valence-electron chi connectivity index (χ0n) is 15.7. The lowest BCUT2D eigenvalue weighted by atomic mass is 9.69. The van der Waals surface area contributed by atoms with Crippen molar-refractivity contribution in [3.63, 3.8) is 0 Å². The van der Waals surface area contributed by atoms with Crippen LogP contribution in [0.4, 0.5) is 11.4 Å². The third kappa shape index (κ3) is 4.23. The molecule has 1 N–H and O–H groups in total. The van der Waals surface area contributed by atoms with Crippen LogP contribution in [0.2, 0.25) is 0 Å². The summed E-state index contributed by atoms with van der Waals surface area (Å²) in [4.78, 5) is 26.2. The summed E-state index contributed by atoms with van der Waals surface area (Å²) in [5.74, 6) is 1.16. The van der Waals surface area contributed by atoms with E-state index < -0.39 is 0 Å². The molecular weight excluding hydrogens is 312 g/mol. The Balaban J connectivity index is 1.54. The summed E-state index contributed by atoms with van der Waals surface area (Å²) in [7, 11) is 0. The van der Waals surface area contributed by atoms with Gasteiger partial charge in [0.2, 0.25) is 11.8 Å². The quantitative estimate of drug-likeness (QED) is 0.872. The van der Waals surface area contributed by atoms with Gasteiger partial charge in [0.05, 0.1) is 0 Å². The van der Waals surface area contributed by atoms with E-state index >= 15 is 0 Å². The number of rotatable bonds is 3. The van der Waals surface area contributed by atoms with Gasteiger partial charge >= 0.3 is 0 Å². The first-order chi connectivity index (χ1) is 11.8. The van der Waals surface area contributed by atoms with E-state index in [9.17, 15) is 9.59 Å². The van der Waals surface area contributed by atoms with Gasteiger partial charge in [0.25, 0.3) is 0 Å². The fourth-order valence-corrected chi connectivity index (χ4v) is 4.11. The van der Waals surface area contributed by atoms with E-state index in [4.69, 9.17) is 0 Å². The molecule has 0 atom stereocenters. The highest BCUT2D eigenvalue weighted by Gasteiger charge is 2.32. The molecule has 1 aliphatic heterocycles. The van der Waals surface area contributed by atoms with Crippen molar-refractivity contribution in [2.24, 2.45) is 17.3 Å². The molecule has 0 spiro atoms. The molecule has 0 aromatic heterocycles. The molecule has 4 nitrogen and oxygen atoms in total. The lowest BCUT2D eigenvalue weighted by Gasteiger charge is -2.36. The zero-order valence-corrected chi connectivity index (χ0v) is 15.7. The number of carbonyl (C=O) groups excluding carboxylic acids is 2. The van der Waals surface area contributed by atoms with E-state index in [1.165, 1.54) is 0 Å². The van der Waals surface area contributed by atoms with Crippen LogP contribution in [0.1, 0.15) is 59.3 Å². The van der Waals surface area contributed by atoms with Gasteiger partial charge in [0.15, 0.2) is 0 Å². The second-order valence-corrected chi connectivity index (χ2v) is 8.60. The number of nitrogens with zero attached hydrogens (tertiary/aromatic N) is 1. The van der Waals surface area contributed by atoms with Crippen LogP contribution in [0.25, 0.3) is 0 Å². The predicted octanol–water partition coefficient (Wildman–Crippen LogP) is 4.60. The Morgan fingerprint density at radius 3 is 2.24 bits per heavy atom. The zero-order chi connectivity index (χ0) is 18.0. The summed E-state index contributed by atoms with van der Waals surface area (Å²) in [5.41, 5.74) is 2.08. The molecule has 2 fully saturated rings. The van der Waals surface area contributed by atoms with Crippen molar-refractivity contribution in [1.82, 2.24) is 0 Å². The van der Waals surface area contributed by atoms with E-state index in [0.717, 1.165) is 50.0 Å². The van der Waals surface area contributed by atoms with Gasteiger partial charge in [-0.25, -0.2) is 0 Å². The van der Waals surface area contributed by atoms with Gasteiger partial charge in [-0.05, 0) is 67.7 Å². The molecule has 4 heteroatoms. The maximum Gasteiger partial charge on any atom is 0.227 e. The summed E-state index contributed by atoms with van der Waals surface area (Å²) >= 11 is 0. The van der Waals surface area contributed by atoms with Crippen LogP contribution in [0.3, 0.4) is 0 Å². The Kier molecular flexibility index (Phi) is 5.16. The Labute approximate surface area is 151 Å². The van der Waals surface area contributed by atoms with Gasteiger partial charge in [0, 0.05) is 30.3 Å². The standard InChI is InChI=1S/C21H30N2O2/c1-21(2,3)16-8-6-15(7-9-16)20(25)22-17-10-12-18(13-11-17)23-14-4-5-19(23)24/h10-13,15-16H,4-9,14H2,1-3H3,(H,22,25). The van der Waals surface area contributed by atoms with E-state index in [1.54, 1.807) is 0 Å². The Bertz CT molecular complexity index is 622. The molecule has 1 aromatic carbocycles. The summed E-state index contributed by atoms with van der Waals surface area (Å²) in [5, 5.41) is 3.05. The van der Waals surface area contributed by atoms with Crippen molar-refractivity contribution in [1.29, 1.82) is 0 Å². The van der Waals surface area contributed by atoms with Crippen LogP contribution in [-0.2, 0) is 9.59 Å². The van der Waals surface area contributed by atoms with Crippen LogP contribution in [0, 0.1) is 17.3 Å². The molecule has 2 aliphatic rings. The molecular formula is C21H30N2O2. The minimum absolute atomic E-state index is 0.124. The largest absolute Gasteiger partial charge is 0.326 e. The van der Waals surface area contributed by atoms with Gasteiger partial charge in [0.1, 0.15) is 0 Å². The predicted molar refractivity (Wildman–Crippen MR) is 102 cm³/mol. The number of hydrogen-bond acceptors (Lipinski definition) is 2. The second kappa shape index (κ2) is 7.19. The smallest absolute Gasteiger partial charge is 0.227 e. The monoisotopic (exact) mass is 342 g/mol.